The van der Waals surface area contributed by atoms with Gasteiger partial charge in [0.1, 0.15) is 0 Å². The molecule has 0 atom stereocenters. The van der Waals surface area contributed by atoms with E-state index in [4.69, 9.17) is 4.55 Å². The summed E-state index contributed by atoms with van der Waals surface area (Å²) < 4.78 is 30.2. The normalized spacial score (nSPS) is 10.5. The quantitative estimate of drug-likeness (QED) is 0.549. The lowest BCUT2D eigenvalue weighted by atomic mass is 10.2. The number of benzene rings is 1. The van der Waals surface area contributed by atoms with Crippen LogP contribution in [0.3, 0.4) is 0 Å². The van der Waals surface area contributed by atoms with Crippen molar-refractivity contribution in [3.63, 3.8) is 0 Å². The first-order chi connectivity index (χ1) is 7.89. The number of aromatic nitrogens is 2. The predicted molar refractivity (Wildman–Crippen MR) is 67.0 cm³/mol. The molecule has 3 N–H and O–H groups in total. The van der Waals surface area contributed by atoms with Gasteiger partial charge in [0.2, 0.25) is 0 Å². The summed E-state index contributed by atoms with van der Waals surface area (Å²) in [6.07, 6.45) is 3.50. The van der Waals surface area contributed by atoms with E-state index in [1.807, 2.05) is 6.92 Å². The number of H-pyrrole nitrogens is 2. The number of nitrogens with one attached hydrogen (secondary N) is 2. The molecule has 5 nitrogen and oxygen atoms in total. The molecule has 17 heavy (non-hydrogen) atoms. The average Bonchev–Trinajstić information content (AvgIpc) is 2.69. The van der Waals surface area contributed by atoms with Crippen LogP contribution in [0.1, 0.15) is 5.56 Å². The van der Waals surface area contributed by atoms with Gasteiger partial charge in [0.05, 0.1) is 4.90 Å². The second kappa shape index (κ2) is 5.76. The fourth-order valence-electron chi connectivity index (χ4n) is 0.987. The zero-order valence-electron chi connectivity index (χ0n) is 9.04. The summed E-state index contributed by atoms with van der Waals surface area (Å²) in [6, 6.07) is 5.99. The third-order valence-corrected chi connectivity index (χ3v) is 2.93. The maximum atomic E-state index is 10.5. The fourth-order valence-corrected chi connectivity index (χ4v) is 1.60. The van der Waals surface area contributed by atoms with E-state index in [1.165, 1.54) is 12.1 Å². The zero-order chi connectivity index (χ0) is 12.9. The van der Waals surface area contributed by atoms with E-state index < -0.39 is 10.1 Å². The molecule has 0 aliphatic rings. The molecule has 0 aliphatic carbocycles. The SMILES string of the molecule is Cc1ccc(S(=O)(=O)O)cc1.S=c1[nH]cc[nH]1. The first-order valence-corrected chi connectivity index (χ1v) is 6.50. The van der Waals surface area contributed by atoms with E-state index in [9.17, 15) is 8.42 Å². The Hall–Kier alpha value is -1.44. The van der Waals surface area contributed by atoms with Crippen LogP contribution in [0.25, 0.3) is 0 Å². The molecular formula is C10H12N2O3S2. The number of aromatic amines is 2. The van der Waals surface area contributed by atoms with Gasteiger partial charge in [-0.3, -0.25) is 4.55 Å². The van der Waals surface area contributed by atoms with Crippen molar-refractivity contribution in [1.29, 1.82) is 0 Å². The van der Waals surface area contributed by atoms with Crippen molar-refractivity contribution >= 4 is 22.3 Å². The largest absolute Gasteiger partial charge is 0.338 e. The predicted octanol–water partition coefficient (Wildman–Crippen LogP) is 2.31. The van der Waals surface area contributed by atoms with Gasteiger partial charge in [0, 0.05) is 12.4 Å². The van der Waals surface area contributed by atoms with Gasteiger partial charge in [-0.05, 0) is 31.3 Å². The Morgan fingerprint density at radius 3 is 1.88 bits per heavy atom. The van der Waals surface area contributed by atoms with E-state index in [-0.39, 0.29) is 4.90 Å². The summed E-state index contributed by atoms with van der Waals surface area (Å²) in [5, 5.41) is 0. The number of hydrogen-bond donors (Lipinski definition) is 3. The molecule has 0 fully saturated rings. The molecule has 0 unspecified atom stereocenters. The van der Waals surface area contributed by atoms with Crippen LogP contribution in [0.5, 0.6) is 0 Å². The van der Waals surface area contributed by atoms with Crippen LogP contribution in [0.4, 0.5) is 0 Å². The van der Waals surface area contributed by atoms with Crippen LogP contribution >= 0.6 is 12.2 Å². The highest BCUT2D eigenvalue weighted by Gasteiger charge is 2.06. The van der Waals surface area contributed by atoms with Crippen LogP contribution in [0.15, 0.2) is 41.6 Å². The van der Waals surface area contributed by atoms with Gasteiger partial charge in [-0.1, -0.05) is 17.7 Å². The lowest BCUT2D eigenvalue weighted by Crippen LogP contribution is -1.96. The van der Waals surface area contributed by atoms with E-state index in [0.29, 0.717) is 4.77 Å². The minimum atomic E-state index is -4.02. The van der Waals surface area contributed by atoms with E-state index in [0.717, 1.165) is 5.56 Å². The van der Waals surface area contributed by atoms with Crippen molar-refractivity contribution in [2.24, 2.45) is 0 Å². The summed E-state index contributed by atoms with van der Waals surface area (Å²) in [6.45, 7) is 1.84. The highest BCUT2D eigenvalue weighted by atomic mass is 32.2. The maximum Gasteiger partial charge on any atom is 0.294 e. The van der Waals surface area contributed by atoms with Gasteiger partial charge in [-0.2, -0.15) is 8.42 Å². The third kappa shape index (κ3) is 4.94. The summed E-state index contributed by atoms with van der Waals surface area (Å²) in [4.78, 5) is 5.45. The zero-order valence-corrected chi connectivity index (χ0v) is 10.7. The Balaban J connectivity index is 0.000000202. The topological polar surface area (TPSA) is 85.9 Å². The lowest BCUT2D eigenvalue weighted by Gasteiger charge is -1.95. The maximum absolute atomic E-state index is 10.5. The second-order valence-corrected chi connectivity index (χ2v) is 5.07. The van der Waals surface area contributed by atoms with Crippen LogP contribution in [0, 0.1) is 11.7 Å². The summed E-state index contributed by atoms with van der Waals surface area (Å²) in [7, 11) is -4.02. The van der Waals surface area contributed by atoms with Crippen LogP contribution in [-0.2, 0) is 10.1 Å². The minimum Gasteiger partial charge on any atom is -0.338 e. The van der Waals surface area contributed by atoms with Crippen molar-refractivity contribution in [1.82, 2.24) is 9.97 Å². The molecule has 92 valence electrons. The smallest absolute Gasteiger partial charge is 0.294 e. The van der Waals surface area contributed by atoms with E-state index in [1.54, 1.807) is 24.5 Å². The minimum absolute atomic E-state index is 0.0666. The van der Waals surface area contributed by atoms with Crippen LogP contribution in [-0.4, -0.2) is 22.9 Å². The number of rotatable bonds is 1. The highest BCUT2D eigenvalue weighted by Crippen LogP contribution is 2.08. The second-order valence-electron chi connectivity index (χ2n) is 3.24. The Labute approximate surface area is 104 Å². The lowest BCUT2D eigenvalue weighted by molar-refractivity contribution is 0.483. The fraction of sp³-hybridized carbons (Fsp3) is 0.100. The molecular weight excluding hydrogens is 260 g/mol. The molecule has 0 aliphatic heterocycles. The number of aryl methyl sites for hydroxylation is 1. The van der Waals surface area contributed by atoms with Crippen molar-refractivity contribution in [2.45, 2.75) is 11.8 Å². The van der Waals surface area contributed by atoms with Gasteiger partial charge < -0.3 is 9.97 Å². The molecule has 2 aromatic rings. The van der Waals surface area contributed by atoms with Gasteiger partial charge in [-0.15, -0.1) is 0 Å². The highest BCUT2D eigenvalue weighted by molar-refractivity contribution is 7.85. The Morgan fingerprint density at radius 2 is 1.59 bits per heavy atom. The van der Waals surface area contributed by atoms with Crippen molar-refractivity contribution < 1.29 is 13.0 Å². The monoisotopic (exact) mass is 272 g/mol. The van der Waals surface area contributed by atoms with Gasteiger partial charge in [0.15, 0.2) is 4.77 Å². The van der Waals surface area contributed by atoms with Crippen molar-refractivity contribution in [3.05, 3.63) is 47.0 Å². The standard InChI is InChI=1S/C7H8O3S.C3H4N2S/c1-6-2-4-7(5-3-6)11(8,9)10;6-3-4-1-2-5-3/h2-5H,1H3,(H,8,9,10);1-2H,(H2,4,5,6). The Morgan fingerprint density at radius 1 is 1.12 bits per heavy atom. The number of hydrogen-bond acceptors (Lipinski definition) is 3. The van der Waals surface area contributed by atoms with Crippen molar-refractivity contribution in [2.75, 3.05) is 0 Å². The molecule has 0 radical (unpaired) electrons. The molecule has 0 spiro atoms. The Bertz CT molecular complexity index is 595. The summed E-state index contributed by atoms with van der Waals surface area (Å²) in [5.41, 5.74) is 0.956. The molecule has 0 amide bonds. The van der Waals surface area contributed by atoms with E-state index in [2.05, 4.69) is 22.2 Å². The van der Waals surface area contributed by atoms with Crippen LogP contribution < -0.4 is 0 Å². The molecule has 7 heteroatoms. The molecule has 1 aromatic heterocycles. The average molecular weight is 272 g/mol. The van der Waals surface area contributed by atoms with Gasteiger partial charge in [0.25, 0.3) is 10.1 Å². The molecule has 1 heterocycles. The molecule has 1 aromatic carbocycles. The van der Waals surface area contributed by atoms with Gasteiger partial charge >= 0.3 is 0 Å². The van der Waals surface area contributed by atoms with Crippen molar-refractivity contribution in [3.8, 4) is 0 Å². The summed E-state index contributed by atoms with van der Waals surface area (Å²) in [5.74, 6) is 0. The van der Waals surface area contributed by atoms with E-state index >= 15 is 0 Å². The first kappa shape index (κ1) is 13.6. The third-order valence-electron chi connectivity index (χ3n) is 1.83. The molecule has 0 saturated carbocycles. The van der Waals surface area contributed by atoms with Crippen LogP contribution in [0.2, 0.25) is 0 Å². The van der Waals surface area contributed by atoms with Gasteiger partial charge in [-0.25, -0.2) is 0 Å². The Kier molecular flexibility index (Phi) is 4.62. The number of imidazole rings is 1. The molecule has 0 saturated heterocycles. The molecule has 0 bridgehead atoms. The molecule has 2 rings (SSSR count). The first-order valence-electron chi connectivity index (χ1n) is 4.66. The summed E-state index contributed by atoms with van der Waals surface area (Å²) >= 11 is 4.63.